The van der Waals surface area contributed by atoms with E-state index < -0.39 is 0 Å². The lowest BCUT2D eigenvalue weighted by Gasteiger charge is -2.13. The van der Waals surface area contributed by atoms with Gasteiger partial charge >= 0.3 is 0 Å². The maximum absolute atomic E-state index is 6.60. The number of rotatable bonds is 7. The Bertz CT molecular complexity index is 1350. The van der Waals surface area contributed by atoms with E-state index in [1.54, 1.807) is 0 Å². The molecule has 0 atom stereocenters. The van der Waals surface area contributed by atoms with E-state index in [0.717, 1.165) is 40.2 Å². The van der Waals surface area contributed by atoms with E-state index in [1.807, 2.05) is 49.4 Å². The fourth-order valence-electron chi connectivity index (χ4n) is 4.19. The van der Waals surface area contributed by atoms with E-state index in [0.29, 0.717) is 0 Å². The van der Waals surface area contributed by atoms with Crippen LogP contribution in [-0.4, -0.2) is 4.57 Å². The molecule has 0 saturated heterocycles. The van der Waals surface area contributed by atoms with Gasteiger partial charge in [-0.15, -0.1) is 0 Å². The Kier molecular flexibility index (Phi) is 6.75. The van der Waals surface area contributed by atoms with Crippen LogP contribution in [0.3, 0.4) is 0 Å². The molecule has 3 aromatic carbocycles. The van der Waals surface area contributed by atoms with Crippen molar-refractivity contribution in [2.24, 2.45) is 5.73 Å². The lowest BCUT2D eigenvalue weighted by atomic mass is 10.1. The smallest absolute Gasteiger partial charge is 0.0541 e. The van der Waals surface area contributed by atoms with Crippen molar-refractivity contribution in [3.05, 3.63) is 132 Å². The summed E-state index contributed by atoms with van der Waals surface area (Å²) < 4.78 is 2.30. The molecule has 0 amide bonds. The molecule has 33 heavy (non-hydrogen) atoms. The zero-order valence-electron chi connectivity index (χ0n) is 19.3. The summed E-state index contributed by atoms with van der Waals surface area (Å²) in [5.41, 5.74) is 15.2. The van der Waals surface area contributed by atoms with Gasteiger partial charge in [-0.25, -0.2) is 0 Å². The number of nitrogens with two attached hydrogens (primary N) is 1. The summed E-state index contributed by atoms with van der Waals surface area (Å²) in [6.07, 6.45) is 11.3. The third-order valence-electron chi connectivity index (χ3n) is 5.79. The molecule has 0 aliphatic heterocycles. The zero-order chi connectivity index (χ0) is 23.2. The fourth-order valence-corrected chi connectivity index (χ4v) is 4.19. The molecule has 2 heteroatoms. The van der Waals surface area contributed by atoms with Gasteiger partial charge < -0.3 is 10.3 Å². The van der Waals surface area contributed by atoms with E-state index in [-0.39, 0.29) is 0 Å². The summed E-state index contributed by atoms with van der Waals surface area (Å²) in [5, 5.41) is 1.19. The van der Waals surface area contributed by atoms with Crippen molar-refractivity contribution >= 4 is 34.4 Å². The minimum Gasteiger partial charge on any atom is -0.398 e. The Morgan fingerprint density at radius 1 is 0.970 bits per heavy atom. The molecule has 1 heterocycles. The van der Waals surface area contributed by atoms with Crippen LogP contribution in [0.1, 0.15) is 34.9 Å². The highest BCUT2D eigenvalue weighted by atomic mass is 15.0. The van der Waals surface area contributed by atoms with Crippen LogP contribution in [0, 0.1) is 6.92 Å². The van der Waals surface area contributed by atoms with E-state index in [9.17, 15) is 0 Å². The highest BCUT2D eigenvalue weighted by Gasteiger charge is 2.16. The van der Waals surface area contributed by atoms with Crippen molar-refractivity contribution < 1.29 is 0 Å². The van der Waals surface area contributed by atoms with Crippen molar-refractivity contribution in [3.8, 4) is 0 Å². The first kappa shape index (κ1) is 22.2. The second kappa shape index (κ2) is 10.1. The van der Waals surface area contributed by atoms with Gasteiger partial charge in [0, 0.05) is 22.3 Å². The van der Waals surface area contributed by atoms with Crippen LogP contribution < -0.4 is 5.73 Å². The Labute approximate surface area is 196 Å². The molecule has 0 bridgehead atoms. The van der Waals surface area contributed by atoms with E-state index >= 15 is 0 Å². The number of hydrogen-bond donors (Lipinski definition) is 1. The second-order valence-electron chi connectivity index (χ2n) is 8.14. The van der Waals surface area contributed by atoms with Crippen LogP contribution in [-0.2, 0) is 6.42 Å². The minimum atomic E-state index is 0.732. The Hall–Kier alpha value is -4.04. The van der Waals surface area contributed by atoms with Crippen molar-refractivity contribution in [1.29, 1.82) is 0 Å². The predicted molar refractivity (Wildman–Crippen MR) is 144 cm³/mol. The number of allylic oxidation sites excluding steroid dienone is 4. The van der Waals surface area contributed by atoms with Crippen molar-refractivity contribution in [2.75, 3.05) is 0 Å². The van der Waals surface area contributed by atoms with Gasteiger partial charge in [0.25, 0.3) is 0 Å². The normalized spacial score (nSPS) is 12.5. The molecule has 2 N–H and O–H groups in total. The lowest BCUT2D eigenvalue weighted by molar-refractivity contribution is 1.13. The number of hydrogen-bond acceptors (Lipinski definition) is 1. The van der Waals surface area contributed by atoms with Gasteiger partial charge in [0.1, 0.15) is 0 Å². The van der Waals surface area contributed by atoms with E-state index in [2.05, 4.69) is 84.8 Å². The van der Waals surface area contributed by atoms with Crippen LogP contribution >= 0.6 is 0 Å². The molecule has 2 nitrogen and oxygen atoms in total. The number of aryl methyl sites for hydroxylation is 1. The number of benzene rings is 3. The van der Waals surface area contributed by atoms with Crippen molar-refractivity contribution in [2.45, 2.75) is 20.3 Å². The molecular formula is C31H30N2. The summed E-state index contributed by atoms with van der Waals surface area (Å²) >= 11 is 0. The Balaban J connectivity index is 1.97. The van der Waals surface area contributed by atoms with Crippen LogP contribution in [0.2, 0.25) is 0 Å². The van der Waals surface area contributed by atoms with Crippen molar-refractivity contribution in [1.82, 2.24) is 4.57 Å². The lowest BCUT2D eigenvalue weighted by Crippen LogP contribution is -2.03. The summed E-state index contributed by atoms with van der Waals surface area (Å²) in [6, 6.07) is 27.2. The summed E-state index contributed by atoms with van der Waals surface area (Å²) in [5.74, 6) is 0. The Morgan fingerprint density at radius 2 is 1.67 bits per heavy atom. The molecule has 164 valence electrons. The molecule has 0 aliphatic rings. The molecule has 0 aliphatic carbocycles. The summed E-state index contributed by atoms with van der Waals surface area (Å²) in [4.78, 5) is 0. The first-order chi connectivity index (χ1) is 16.1. The molecule has 4 rings (SSSR count). The van der Waals surface area contributed by atoms with E-state index in [4.69, 9.17) is 5.73 Å². The third-order valence-corrected chi connectivity index (χ3v) is 5.79. The first-order valence-electron chi connectivity index (χ1n) is 11.3. The average Bonchev–Trinajstić information content (AvgIpc) is 3.15. The van der Waals surface area contributed by atoms with Gasteiger partial charge in [-0.2, -0.15) is 0 Å². The highest BCUT2D eigenvalue weighted by Crippen LogP contribution is 2.33. The molecule has 0 spiro atoms. The maximum Gasteiger partial charge on any atom is 0.0541 e. The van der Waals surface area contributed by atoms with Crippen molar-refractivity contribution in [3.63, 3.8) is 0 Å². The molecule has 4 aromatic rings. The predicted octanol–water partition coefficient (Wildman–Crippen LogP) is 7.71. The van der Waals surface area contributed by atoms with Crippen LogP contribution in [0.25, 0.3) is 34.4 Å². The quantitative estimate of drug-likeness (QED) is 0.299. The molecular weight excluding hydrogens is 400 g/mol. The van der Waals surface area contributed by atoms with Gasteiger partial charge in [0.2, 0.25) is 0 Å². The largest absolute Gasteiger partial charge is 0.398 e. The maximum atomic E-state index is 6.60. The van der Waals surface area contributed by atoms with Gasteiger partial charge in [0.05, 0.1) is 11.2 Å². The Morgan fingerprint density at radius 3 is 2.33 bits per heavy atom. The summed E-state index contributed by atoms with van der Waals surface area (Å²) in [7, 11) is 0. The second-order valence-corrected chi connectivity index (χ2v) is 8.14. The molecule has 0 saturated carbocycles. The highest BCUT2D eigenvalue weighted by molar-refractivity contribution is 5.98. The zero-order valence-corrected chi connectivity index (χ0v) is 19.3. The molecule has 1 aromatic heterocycles. The molecule has 0 radical (unpaired) electrons. The number of nitrogens with zero attached hydrogens (tertiary/aromatic N) is 1. The summed E-state index contributed by atoms with van der Waals surface area (Å²) in [6.45, 7) is 8.29. The molecule has 0 unspecified atom stereocenters. The average molecular weight is 431 g/mol. The van der Waals surface area contributed by atoms with Crippen LogP contribution in [0.4, 0.5) is 0 Å². The number of aromatic nitrogens is 1. The van der Waals surface area contributed by atoms with Gasteiger partial charge in [-0.05, 0) is 55.7 Å². The topological polar surface area (TPSA) is 30.9 Å². The van der Waals surface area contributed by atoms with Gasteiger partial charge in [-0.3, -0.25) is 0 Å². The fraction of sp³-hybridized carbons (Fsp3) is 0.0968. The SMILES string of the molecule is C=Cc1c(/C=C\C)n(C(/C=C(\N)c2ccccc2)=C/Cc2ccccc2)c2ccc(C)cc12. The standard InChI is InChI=1S/C31H30N2/c1-4-12-30-27(5-2)28-21-23(3)17-20-31(28)33(30)26(19-18-24-13-8-6-9-14-24)22-29(32)25-15-10-7-11-16-25/h4-17,19-22H,2,18,32H2,1,3H3/b12-4-,26-19+,29-22-. The van der Waals surface area contributed by atoms with Crippen LogP contribution in [0.15, 0.2) is 104 Å². The number of fused-ring (bicyclic) bond motifs is 1. The van der Waals surface area contributed by atoms with Crippen LogP contribution in [0.5, 0.6) is 0 Å². The first-order valence-corrected chi connectivity index (χ1v) is 11.3. The monoisotopic (exact) mass is 430 g/mol. The molecule has 0 fully saturated rings. The third kappa shape index (κ3) is 4.75. The van der Waals surface area contributed by atoms with Gasteiger partial charge in [-0.1, -0.05) is 97.1 Å². The van der Waals surface area contributed by atoms with Gasteiger partial charge in [0.15, 0.2) is 0 Å². The van der Waals surface area contributed by atoms with E-state index in [1.165, 1.54) is 16.5 Å². The minimum absolute atomic E-state index is 0.732.